The van der Waals surface area contributed by atoms with Gasteiger partial charge in [-0.1, -0.05) is 34.8 Å². The second kappa shape index (κ2) is 17.0. The van der Waals surface area contributed by atoms with Crippen molar-refractivity contribution in [3.63, 3.8) is 0 Å². The van der Waals surface area contributed by atoms with Crippen LogP contribution in [0.1, 0.15) is 29.2 Å². The molecule has 1 unspecified atom stereocenters. The Morgan fingerprint density at radius 1 is 0.830 bits per heavy atom. The Hall–Kier alpha value is -3.36. The highest BCUT2D eigenvalue weighted by atomic mass is 35.5. The zero-order valence-corrected chi connectivity index (χ0v) is 30.3. The highest BCUT2D eigenvalue weighted by Gasteiger charge is 2.48. The minimum Gasteiger partial charge on any atom is -0.457 e. The van der Waals surface area contributed by atoms with Gasteiger partial charge in [0.2, 0.25) is 9.84 Å². The maximum absolute atomic E-state index is 13.4. The Morgan fingerprint density at radius 2 is 1.36 bits per heavy atom. The smallest absolute Gasteiger partial charge is 0.457 e. The van der Waals surface area contributed by atoms with Gasteiger partial charge in [-0.15, -0.1) is 0 Å². The predicted molar refractivity (Wildman–Crippen MR) is 179 cm³/mol. The molecule has 0 amide bonds. The van der Waals surface area contributed by atoms with Crippen LogP contribution in [0.4, 0.5) is 30.7 Å². The van der Waals surface area contributed by atoms with Gasteiger partial charge >= 0.3 is 11.3 Å². The van der Waals surface area contributed by atoms with E-state index in [1.165, 1.54) is 18.2 Å². The summed E-state index contributed by atoms with van der Waals surface area (Å²) >= 11 is 17.6. The molecule has 0 fully saturated rings. The summed E-state index contributed by atoms with van der Waals surface area (Å²) in [6.45, 7) is -0.755. The van der Waals surface area contributed by atoms with E-state index in [0.29, 0.717) is 6.07 Å². The first-order valence-corrected chi connectivity index (χ1v) is 18.9. The van der Waals surface area contributed by atoms with Crippen LogP contribution in [-0.2, 0) is 32.6 Å². The zero-order chi connectivity index (χ0) is 39.5. The summed E-state index contributed by atoms with van der Waals surface area (Å²) in [6.07, 6.45) is -0.786. The van der Waals surface area contributed by atoms with E-state index in [-0.39, 0.29) is 70.2 Å². The van der Waals surface area contributed by atoms with Crippen molar-refractivity contribution in [3.05, 3.63) is 104 Å². The van der Waals surface area contributed by atoms with Gasteiger partial charge in [-0.25, -0.2) is 25.6 Å². The number of ether oxygens (including phenoxy) is 2. The number of benzene rings is 4. The fourth-order valence-corrected chi connectivity index (χ4v) is 7.80. The molecule has 3 N–H and O–H groups in total. The van der Waals surface area contributed by atoms with Crippen molar-refractivity contribution in [1.29, 1.82) is 0 Å². The van der Waals surface area contributed by atoms with Crippen LogP contribution < -0.4 is 14.8 Å². The van der Waals surface area contributed by atoms with Gasteiger partial charge in [0.25, 0.3) is 9.84 Å². The molecule has 4 aromatic carbocycles. The predicted octanol–water partition coefficient (Wildman–Crippen LogP) is 8.55. The highest BCUT2D eigenvalue weighted by Crippen LogP contribution is 2.44. The van der Waals surface area contributed by atoms with Crippen LogP contribution in [0.15, 0.2) is 70.5 Å². The quantitative estimate of drug-likeness (QED) is 0.100. The number of sulfone groups is 2. The molecule has 1 aliphatic rings. The van der Waals surface area contributed by atoms with Crippen molar-refractivity contribution in [2.75, 3.05) is 13.2 Å². The summed E-state index contributed by atoms with van der Waals surface area (Å²) in [5, 5.41) is 21.2. The standard InChI is InChI=1S/C16H13Cl2F4NO4S.C16H12ClF3O4S/c17-9-5-10(19)7-11(6-9)27-13-1-2-14(28(25,26)16(20,21)22)12(15(13)18)8-23-3-4-24;17-8-5-9(18)7-10(6-8)24-13-3-4-14(25(22,23)16(19)20)11-1-2-12(21)15(11)13/h1-2,5-7,23-24H,3-4,8H2;3-7,12,16,21H,1-2H2. The summed E-state index contributed by atoms with van der Waals surface area (Å²) in [4.78, 5) is -1.58. The molecule has 53 heavy (non-hydrogen) atoms. The van der Waals surface area contributed by atoms with Crippen LogP contribution in [0.3, 0.4) is 0 Å². The number of nitrogens with one attached hydrogen (secondary N) is 1. The van der Waals surface area contributed by atoms with E-state index in [9.17, 15) is 52.7 Å². The molecular weight excluding hydrogens is 830 g/mol. The van der Waals surface area contributed by atoms with E-state index in [1.807, 2.05) is 0 Å². The van der Waals surface area contributed by atoms with Crippen molar-refractivity contribution in [1.82, 2.24) is 5.32 Å². The Labute approximate surface area is 312 Å². The second-order valence-corrected chi connectivity index (χ2v) is 16.0. The number of hydrogen-bond acceptors (Lipinski definition) is 9. The Morgan fingerprint density at radius 3 is 1.87 bits per heavy atom. The number of aliphatic hydroxyl groups is 2. The zero-order valence-electron chi connectivity index (χ0n) is 26.4. The number of fused-ring (bicyclic) bond motifs is 1. The van der Waals surface area contributed by atoms with E-state index in [4.69, 9.17) is 49.4 Å². The summed E-state index contributed by atoms with van der Waals surface area (Å²) in [7, 11) is -10.5. The third-order valence-corrected chi connectivity index (χ3v) is 11.2. The van der Waals surface area contributed by atoms with Crippen LogP contribution in [-0.4, -0.2) is 51.5 Å². The highest BCUT2D eigenvalue weighted by molar-refractivity contribution is 7.92. The first-order valence-electron chi connectivity index (χ1n) is 14.8. The number of aliphatic hydroxyl groups excluding tert-OH is 2. The maximum Gasteiger partial charge on any atom is 0.501 e. The first-order chi connectivity index (χ1) is 24.7. The molecular formula is C32H25Cl3F7NO8S2. The van der Waals surface area contributed by atoms with Crippen molar-refractivity contribution in [3.8, 4) is 23.0 Å². The molecule has 1 atom stereocenters. The fraction of sp³-hybridized carbons (Fsp3) is 0.250. The normalized spacial score (nSPS) is 14.5. The lowest BCUT2D eigenvalue weighted by molar-refractivity contribution is -0.0436. The Kier molecular flexibility index (Phi) is 13.6. The number of rotatable bonds is 11. The molecule has 0 heterocycles. The summed E-state index contributed by atoms with van der Waals surface area (Å²) < 4.78 is 150. The lowest BCUT2D eigenvalue weighted by atomic mass is 10.1. The van der Waals surface area contributed by atoms with Crippen molar-refractivity contribution in [2.24, 2.45) is 0 Å². The average molecular weight is 855 g/mol. The largest absolute Gasteiger partial charge is 0.501 e. The third kappa shape index (κ3) is 9.85. The maximum atomic E-state index is 13.4. The van der Waals surface area contributed by atoms with Crippen molar-refractivity contribution >= 4 is 54.5 Å². The number of halogens is 10. The molecule has 4 aromatic rings. The van der Waals surface area contributed by atoms with Crippen LogP contribution in [0.25, 0.3) is 0 Å². The summed E-state index contributed by atoms with van der Waals surface area (Å²) in [5.74, 6) is -5.12. The lowest BCUT2D eigenvalue weighted by Gasteiger charge is -2.17. The second-order valence-electron chi connectivity index (χ2n) is 10.9. The monoisotopic (exact) mass is 853 g/mol. The molecule has 0 spiro atoms. The minimum absolute atomic E-state index is 0.00669. The third-order valence-electron chi connectivity index (χ3n) is 7.29. The van der Waals surface area contributed by atoms with Gasteiger partial charge < -0.3 is 25.0 Å². The van der Waals surface area contributed by atoms with Crippen LogP contribution in [0, 0.1) is 11.6 Å². The van der Waals surface area contributed by atoms with Crippen LogP contribution in [0.2, 0.25) is 15.1 Å². The van der Waals surface area contributed by atoms with Crippen molar-refractivity contribution in [2.45, 2.75) is 46.5 Å². The first kappa shape index (κ1) is 42.4. The van der Waals surface area contributed by atoms with Gasteiger partial charge in [0, 0.05) is 46.4 Å². The van der Waals surface area contributed by atoms with Gasteiger partial charge in [-0.05, 0) is 66.9 Å². The Bertz CT molecular complexity index is 2170. The van der Waals surface area contributed by atoms with Gasteiger partial charge in [-0.3, -0.25) is 0 Å². The minimum atomic E-state index is -5.69. The SMILES string of the molecule is O=S(=O)(c1ccc(Oc2cc(F)cc(Cl)c2)c(Cl)c1CNCCO)C(F)(F)F.O=S(=O)(c1ccc(Oc2cc(F)cc(Cl)c2)c2c1CCC2O)C(F)F. The van der Waals surface area contributed by atoms with Crippen LogP contribution >= 0.6 is 34.8 Å². The summed E-state index contributed by atoms with van der Waals surface area (Å²) in [6, 6.07) is 10.5. The topological polar surface area (TPSA) is 139 Å². The van der Waals surface area contributed by atoms with Gasteiger partial charge in [0.05, 0.1) is 27.5 Å². The average Bonchev–Trinajstić information content (AvgIpc) is 3.43. The molecule has 0 aliphatic heterocycles. The Balaban J connectivity index is 0.000000238. The van der Waals surface area contributed by atoms with E-state index >= 15 is 0 Å². The van der Waals surface area contributed by atoms with Crippen molar-refractivity contribution < 1.29 is 67.3 Å². The van der Waals surface area contributed by atoms with Gasteiger partial charge in [0.1, 0.15) is 34.6 Å². The summed E-state index contributed by atoms with van der Waals surface area (Å²) in [5.41, 5.74) is -5.75. The molecule has 0 bridgehead atoms. The number of hydrogen-bond donors (Lipinski definition) is 3. The lowest BCUT2D eigenvalue weighted by Crippen LogP contribution is -2.26. The van der Waals surface area contributed by atoms with Crippen LogP contribution in [0.5, 0.6) is 23.0 Å². The molecule has 1 aliphatic carbocycles. The van der Waals surface area contributed by atoms with E-state index in [0.717, 1.165) is 36.4 Å². The van der Waals surface area contributed by atoms with E-state index in [1.54, 1.807) is 0 Å². The molecule has 21 heteroatoms. The fourth-order valence-electron chi connectivity index (χ4n) is 5.05. The molecule has 5 rings (SSSR count). The van der Waals surface area contributed by atoms with Gasteiger partial charge in [-0.2, -0.15) is 22.0 Å². The molecule has 9 nitrogen and oxygen atoms in total. The van der Waals surface area contributed by atoms with E-state index in [2.05, 4.69) is 5.32 Å². The molecule has 0 saturated carbocycles. The molecule has 0 aromatic heterocycles. The molecule has 0 radical (unpaired) electrons. The van der Waals surface area contributed by atoms with Gasteiger partial charge in [0.15, 0.2) is 0 Å². The van der Waals surface area contributed by atoms with E-state index < -0.39 is 75.6 Å². The molecule has 0 saturated heterocycles. The number of alkyl halides is 5. The molecule has 288 valence electrons.